The van der Waals surface area contributed by atoms with Crippen molar-refractivity contribution in [2.45, 2.75) is 63.2 Å². The number of anilines is 1. The van der Waals surface area contributed by atoms with Gasteiger partial charge in [0.25, 0.3) is 0 Å². The van der Waals surface area contributed by atoms with E-state index in [2.05, 4.69) is 21.5 Å². The van der Waals surface area contributed by atoms with E-state index >= 15 is 0 Å². The van der Waals surface area contributed by atoms with Crippen molar-refractivity contribution in [3.63, 3.8) is 0 Å². The molecule has 0 amide bonds. The largest absolute Gasteiger partial charge is 0.308 e. The van der Waals surface area contributed by atoms with Crippen LogP contribution in [0.15, 0.2) is 36.7 Å². The van der Waals surface area contributed by atoms with Crippen LogP contribution in [0, 0.1) is 5.95 Å². The van der Waals surface area contributed by atoms with Crippen molar-refractivity contribution >= 4 is 5.82 Å². The molecule has 0 aromatic carbocycles. The predicted octanol–water partition coefficient (Wildman–Crippen LogP) is 4.90. The van der Waals surface area contributed by atoms with E-state index in [0.29, 0.717) is 5.92 Å². The van der Waals surface area contributed by atoms with Crippen LogP contribution in [-0.2, 0) is 0 Å². The Balaban J connectivity index is 0.000000146. The molecular weight excluding hydrogens is 315 g/mol. The quantitative estimate of drug-likeness (QED) is 0.473. The van der Waals surface area contributed by atoms with Gasteiger partial charge in [-0.3, -0.25) is 0 Å². The highest BCUT2D eigenvalue weighted by Crippen LogP contribution is 2.34. The molecule has 4 nitrogen and oxygen atoms in total. The summed E-state index contributed by atoms with van der Waals surface area (Å²) in [5.74, 6) is 6.97. The number of pyridine rings is 2. The minimum Gasteiger partial charge on any atom is -0.308 e. The number of hydrazine groups is 1. The first-order chi connectivity index (χ1) is 12.3. The molecule has 0 unspecified atom stereocenters. The topological polar surface area (TPSA) is 63.8 Å². The van der Waals surface area contributed by atoms with Crippen LogP contribution in [0.1, 0.15) is 74.3 Å². The van der Waals surface area contributed by atoms with E-state index in [1.54, 1.807) is 6.20 Å². The molecule has 2 fully saturated rings. The summed E-state index contributed by atoms with van der Waals surface area (Å²) < 4.78 is 12.5. The third kappa shape index (κ3) is 4.98. The number of hydrogen-bond acceptors (Lipinski definition) is 4. The number of halogens is 1. The van der Waals surface area contributed by atoms with Crippen LogP contribution in [-0.4, -0.2) is 9.97 Å². The zero-order valence-electron chi connectivity index (χ0n) is 14.6. The average Bonchev–Trinajstić information content (AvgIpc) is 3.37. The van der Waals surface area contributed by atoms with Crippen LogP contribution in [0.4, 0.5) is 10.2 Å². The first kappa shape index (κ1) is 17.8. The van der Waals surface area contributed by atoms with Crippen molar-refractivity contribution in [2.75, 3.05) is 5.43 Å². The minimum atomic E-state index is -0.378. The third-order valence-electron chi connectivity index (χ3n) is 5.34. The number of hydrogen-bond donors (Lipinski definition) is 2. The Kier molecular flexibility index (Phi) is 6.34. The molecule has 0 atom stereocenters. The maximum absolute atomic E-state index is 12.5. The molecule has 2 aliphatic carbocycles. The van der Waals surface area contributed by atoms with Crippen molar-refractivity contribution < 1.29 is 4.39 Å². The van der Waals surface area contributed by atoms with Gasteiger partial charge in [0.05, 0.1) is 0 Å². The molecule has 0 spiro atoms. The summed E-state index contributed by atoms with van der Waals surface area (Å²) in [5, 5.41) is 0. The van der Waals surface area contributed by atoms with Crippen molar-refractivity contribution in [1.29, 1.82) is 0 Å². The molecule has 0 bridgehead atoms. The summed E-state index contributed by atoms with van der Waals surface area (Å²) in [6.45, 7) is 0. The summed E-state index contributed by atoms with van der Waals surface area (Å²) in [4.78, 5) is 7.86. The lowest BCUT2D eigenvalue weighted by Gasteiger charge is -2.08. The number of nitrogens with zero attached hydrogens (tertiary/aromatic N) is 2. The zero-order chi connectivity index (χ0) is 17.5. The lowest BCUT2D eigenvalue weighted by atomic mass is 10.00. The molecule has 0 aliphatic heterocycles. The lowest BCUT2D eigenvalue weighted by molar-refractivity contribution is 0.579. The van der Waals surface area contributed by atoms with Gasteiger partial charge < -0.3 is 5.43 Å². The highest BCUT2D eigenvalue weighted by atomic mass is 19.1. The van der Waals surface area contributed by atoms with Crippen molar-refractivity contribution in [2.24, 2.45) is 5.84 Å². The lowest BCUT2D eigenvalue weighted by Crippen LogP contribution is -2.08. The van der Waals surface area contributed by atoms with Gasteiger partial charge in [-0.15, -0.1) is 0 Å². The Morgan fingerprint density at radius 3 is 1.72 bits per heavy atom. The molecule has 25 heavy (non-hydrogen) atoms. The van der Waals surface area contributed by atoms with Gasteiger partial charge in [-0.1, -0.05) is 37.8 Å². The predicted molar refractivity (Wildman–Crippen MR) is 98.7 cm³/mol. The number of rotatable bonds is 3. The fourth-order valence-electron chi connectivity index (χ4n) is 3.88. The van der Waals surface area contributed by atoms with E-state index in [9.17, 15) is 4.39 Å². The summed E-state index contributed by atoms with van der Waals surface area (Å²) in [6, 6.07) is 7.37. The molecule has 0 saturated heterocycles. The van der Waals surface area contributed by atoms with Gasteiger partial charge in [-0.2, -0.15) is 4.39 Å². The van der Waals surface area contributed by atoms with Gasteiger partial charge >= 0.3 is 0 Å². The molecule has 2 saturated carbocycles. The number of nitrogen functional groups attached to an aromatic ring is 1. The van der Waals surface area contributed by atoms with Crippen molar-refractivity contribution in [1.82, 2.24) is 9.97 Å². The summed E-state index contributed by atoms with van der Waals surface area (Å²) in [6.07, 6.45) is 14.1. The summed E-state index contributed by atoms with van der Waals surface area (Å²) in [5.41, 5.74) is 5.09. The van der Waals surface area contributed by atoms with Gasteiger partial charge in [-0.25, -0.2) is 15.8 Å². The SMILES string of the molecule is Fc1ccc(C2CCCC2)cn1.NNc1ccc(C2CCCC2)cn1. The Bertz CT molecular complexity index is 630. The molecule has 2 aromatic rings. The van der Waals surface area contributed by atoms with Crippen LogP contribution in [0.25, 0.3) is 0 Å². The van der Waals surface area contributed by atoms with Crippen molar-refractivity contribution in [3.05, 3.63) is 53.7 Å². The second kappa shape index (κ2) is 8.90. The van der Waals surface area contributed by atoms with E-state index in [1.165, 1.54) is 68.6 Å². The highest BCUT2D eigenvalue weighted by Gasteiger charge is 2.17. The molecule has 5 heteroatoms. The number of nitrogens with one attached hydrogen (secondary N) is 1. The van der Waals surface area contributed by atoms with Gasteiger partial charge in [-0.05, 0) is 60.8 Å². The van der Waals surface area contributed by atoms with Gasteiger partial charge in [0.2, 0.25) is 5.95 Å². The Morgan fingerprint density at radius 1 is 0.800 bits per heavy atom. The first-order valence-corrected chi connectivity index (χ1v) is 9.30. The molecule has 3 N–H and O–H groups in total. The molecule has 2 heterocycles. The van der Waals surface area contributed by atoms with Crippen LogP contribution < -0.4 is 11.3 Å². The van der Waals surface area contributed by atoms with Gasteiger partial charge in [0, 0.05) is 12.4 Å². The molecular formula is C20H27FN4. The standard InChI is InChI=1S/C10H12FN.C10H15N3/c11-10-6-5-9(7-12-10)8-3-1-2-4-8;11-13-10-6-5-9(7-12-10)8-3-1-2-4-8/h5-8H,1-4H2;5-8H,1-4,11H2,(H,12,13). The van der Waals surface area contributed by atoms with E-state index < -0.39 is 0 Å². The fourth-order valence-corrected chi connectivity index (χ4v) is 3.88. The Hall–Kier alpha value is -2.01. The maximum atomic E-state index is 12.5. The Labute approximate surface area is 149 Å². The molecule has 2 aromatic heterocycles. The van der Waals surface area contributed by atoms with E-state index in [1.807, 2.05) is 18.3 Å². The second-order valence-electron chi connectivity index (χ2n) is 7.00. The smallest absolute Gasteiger partial charge is 0.212 e. The van der Waals surface area contributed by atoms with Crippen LogP contribution in [0.3, 0.4) is 0 Å². The Morgan fingerprint density at radius 2 is 1.32 bits per heavy atom. The van der Waals surface area contributed by atoms with Crippen LogP contribution in [0.5, 0.6) is 0 Å². The van der Waals surface area contributed by atoms with Gasteiger partial charge in [0.15, 0.2) is 0 Å². The number of aromatic nitrogens is 2. The van der Waals surface area contributed by atoms with E-state index in [-0.39, 0.29) is 5.95 Å². The molecule has 2 aliphatic rings. The van der Waals surface area contributed by atoms with Crippen molar-refractivity contribution in [3.8, 4) is 0 Å². The fraction of sp³-hybridized carbons (Fsp3) is 0.500. The summed E-state index contributed by atoms with van der Waals surface area (Å²) in [7, 11) is 0. The first-order valence-electron chi connectivity index (χ1n) is 9.30. The molecule has 4 rings (SSSR count). The normalized spacial score (nSPS) is 18.0. The number of nitrogens with two attached hydrogens (primary N) is 1. The minimum absolute atomic E-state index is 0.378. The molecule has 0 radical (unpaired) electrons. The summed E-state index contributed by atoms with van der Waals surface area (Å²) >= 11 is 0. The van der Waals surface area contributed by atoms with Crippen LogP contribution >= 0.6 is 0 Å². The van der Waals surface area contributed by atoms with Gasteiger partial charge in [0.1, 0.15) is 5.82 Å². The molecule has 134 valence electrons. The van der Waals surface area contributed by atoms with Crippen LogP contribution in [0.2, 0.25) is 0 Å². The third-order valence-corrected chi connectivity index (χ3v) is 5.34. The highest BCUT2D eigenvalue weighted by molar-refractivity contribution is 5.34. The van der Waals surface area contributed by atoms with E-state index in [4.69, 9.17) is 5.84 Å². The van der Waals surface area contributed by atoms with E-state index in [0.717, 1.165) is 11.7 Å². The second-order valence-corrected chi connectivity index (χ2v) is 7.00. The monoisotopic (exact) mass is 342 g/mol. The zero-order valence-corrected chi connectivity index (χ0v) is 14.6. The maximum Gasteiger partial charge on any atom is 0.212 e. The average molecular weight is 342 g/mol.